The van der Waals surface area contributed by atoms with Gasteiger partial charge in [0, 0.05) is 16.1 Å². The summed E-state index contributed by atoms with van der Waals surface area (Å²) in [6, 6.07) is 7.48. The number of ether oxygens (including phenoxy) is 1. The first kappa shape index (κ1) is 15.5. The molecule has 0 N–H and O–H groups in total. The van der Waals surface area contributed by atoms with Crippen molar-refractivity contribution in [2.75, 3.05) is 7.11 Å². The van der Waals surface area contributed by atoms with Crippen molar-refractivity contribution in [1.29, 1.82) is 0 Å². The van der Waals surface area contributed by atoms with Crippen LogP contribution in [-0.4, -0.2) is 12.9 Å². The lowest BCUT2D eigenvalue weighted by atomic mass is 10.0. The summed E-state index contributed by atoms with van der Waals surface area (Å²) in [5, 5.41) is 0.312. The predicted octanol–water partition coefficient (Wildman–Crippen LogP) is 5.24. The molecule has 20 heavy (non-hydrogen) atoms. The second kappa shape index (κ2) is 6.24. The fraction of sp³-hybridized carbons (Fsp3) is 0.0714. The lowest BCUT2D eigenvalue weighted by molar-refractivity contribution is 0.103. The Morgan fingerprint density at radius 2 is 1.90 bits per heavy atom. The highest BCUT2D eigenvalue weighted by atomic mass is 79.9. The number of carbonyl (C=O) groups is 1. The molecule has 0 heterocycles. The topological polar surface area (TPSA) is 26.3 Å². The zero-order valence-electron chi connectivity index (χ0n) is 10.2. The number of rotatable bonds is 3. The highest BCUT2D eigenvalue weighted by Crippen LogP contribution is 2.31. The van der Waals surface area contributed by atoms with Crippen molar-refractivity contribution in [2.45, 2.75) is 0 Å². The van der Waals surface area contributed by atoms with Crippen LogP contribution in [0.25, 0.3) is 0 Å². The Labute approximate surface area is 137 Å². The molecule has 2 aromatic rings. The van der Waals surface area contributed by atoms with Crippen LogP contribution in [0.1, 0.15) is 15.9 Å². The van der Waals surface area contributed by atoms with E-state index in [0.29, 0.717) is 10.6 Å². The van der Waals surface area contributed by atoms with E-state index in [1.807, 2.05) is 0 Å². The van der Waals surface area contributed by atoms with Crippen molar-refractivity contribution in [2.24, 2.45) is 0 Å². The smallest absolute Gasteiger partial charge is 0.198 e. The third-order valence-electron chi connectivity index (χ3n) is 2.66. The average molecular weight is 422 g/mol. The summed E-state index contributed by atoms with van der Waals surface area (Å²) in [7, 11) is 1.38. The fourth-order valence-electron chi connectivity index (χ4n) is 1.69. The molecule has 0 bridgehead atoms. The maximum Gasteiger partial charge on any atom is 0.198 e. The van der Waals surface area contributed by atoms with E-state index in [9.17, 15) is 9.18 Å². The zero-order chi connectivity index (χ0) is 14.9. The molecule has 0 fully saturated rings. The van der Waals surface area contributed by atoms with Gasteiger partial charge in [0.25, 0.3) is 0 Å². The summed E-state index contributed by atoms with van der Waals surface area (Å²) in [5.74, 6) is -0.671. The first-order valence-corrected chi connectivity index (χ1v) is 7.43. The number of hydrogen-bond acceptors (Lipinski definition) is 2. The van der Waals surface area contributed by atoms with Crippen LogP contribution < -0.4 is 4.74 Å². The Bertz CT molecular complexity index is 689. The number of benzene rings is 2. The largest absolute Gasteiger partial charge is 0.496 e. The molecule has 2 aromatic carbocycles. The molecule has 0 radical (unpaired) electrons. The van der Waals surface area contributed by atoms with Gasteiger partial charge in [0.15, 0.2) is 5.78 Å². The lowest BCUT2D eigenvalue weighted by Gasteiger charge is -2.10. The van der Waals surface area contributed by atoms with Gasteiger partial charge in [-0.25, -0.2) is 4.39 Å². The monoisotopic (exact) mass is 420 g/mol. The normalized spacial score (nSPS) is 10.4. The van der Waals surface area contributed by atoms with E-state index in [1.165, 1.54) is 13.2 Å². The highest BCUT2D eigenvalue weighted by Gasteiger charge is 2.19. The summed E-state index contributed by atoms with van der Waals surface area (Å²) in [5.41, 5.74) is 0.566. The van der Waals surface area contributed by atoms with Crippen LogP contribution in [0.15, 0.2) is 39.3 Å². The van der Waals surface area contributed by atoms with Gasteiger partial charge in [-0.3, -0.25) is 4.79 Å². The predicted molar refractivity (Wildman–Crippen MR) is 83.2 cm³/mol. The number of methoxy groups -OCH3 is 1. The standard InChI is InChI=1S/C14H8Br2ClFO2/c1-20-13-6-12(18)10(16)5-9(13)14(19)8-3-2-7(15)4-11(8)17/h2-6H,1H3. The third kappa shape index (κ3) is 3.05. The van der Waals surface area contributed by atoms with Crippen molar-refractivity contribution in [3.63, 3.8) is 0 Å². The van der Waals surface area contributed by atoms with Crippen LogP contribution in [0.3, 0.4) is 0 Å². The van der Waals surface area contributed by atoms with Gasteiger partial charge in [-0.1, -0.05) is 27.5 Å². The summed E-state index contributed by atoms with van der Waals surface area (Å²) < 4.78 is 19.5. The molecule has 0 saturated carbocycles. The van der Waals surface area contributed by atoms with Crippen molar-refractivity contribution in [1.82, 2.24) is 0 Å². The first-order valence-electron chi connectivity index (χ1n) is 5.47. The molecule has 0 aliphatic carbocycles. The second-order valence-electron chi connectivity index (χ2n) is 3.92. The third-order valence-corrected chi connectivity index (χ3v) is 4.08. The molecular weight excluding hydrogens is 414 g/mol. The molecule has 0 saturated heterocycles. The van der Waals surface area contributed by atoms with Gasteiger partial charge in [0.2, 0.25) is 0 Å². The molecule has 0 amide bonds. The maximum atomic E-state index is 13.5. The minimum Gasteiger partial charge on any atom is -0.496 e. The molecule has 0 atom stereocenters. The molecule has 0 aliphatic heterocycles. The molecule has 6 heteroatoms. The van der Waals surface area contributed by atoms with Gasteiger partial charge in [0.1, 0.15) is 11.6 Å². The zero-order valence-corrected chi connectivity index (χ0v) is 14.1. The van der Waals surface area contributed by atoms with E-state index in [0.717, 1.165) is 10.5 Å². The molecule has 0 spiro atoms. The first-order chi connectivity index (χ1) is 9.43. The number of ketones is 1. The number of hydrogen-bond donors (Lipinski definition) is 0. The second-order valence-corrected chi connectivity index (χ2v) is 6.10. The molecule has 0 aromatic heterocycles. The van der Waals surface area contributed by atoms with Crippen molar-refractivity contribution < 1.29 is 13.9 Å². The van der Waals surface area contributed by atoms with Gasteiger partial charge in [-0.05, 0) is 40.2 Å². The SMILES string of the molecule is COc1cc(F)c(Br)cc1C(=O)c1ccc(Br)cc1Cl. The Balaban J connectivity index is 2.55. The maximum absolute atomic E-state index is 13.5. The van der Waals surface area contributed by atoms with E-state index in [4.69, 9.17) is 16.3 Å². The Kier molecular flexibility index (Phi) is 4.83. The van der Waals surface area contributed by atoms with E-state index in [-0.39, 0.29) is 21.6 Å². The van der Waals surface area contributed by atoms with Crippen molar-refractivity contribution in [3.8, 4) is 5.75 Å². The summed E-state index contributed by atoms with van der Waals surface area (Å²) in [4.78, 5) is 12.5. The summed E-state index contributed by atoms with van der Waals surface area (Å²) in [6.07, 6.45) is 0. The van der Waals surface area contributed by atoms with Gasteiger partial charge in [-0.2, -0.15) is 0 Å². The van der Waals surface area contributed by atoms with E-state index in [1.54, 1.807) is 18.2 Å². The Morgan fingerprint density at radius 1 is 1.20 bits per heavy atom. The van der Waals surface area contributed by atoms with Crippen molar-refractivity contribution >= 4 is 49.2 Å². The van der Waals surface area contributed by atoms with Crippen LogP contribution in [0.4, 0.5) is 4.39 Å². The summed E-state index contributed by atoms with van der Waals surface area (Å²) in [6.45, 7) is 0. The number of halogens is 4. The van der Waals surface area contributed by atoms with Crippen LogP contribution in [-0.2, 0) is 0 Å². The van der Waals surface area contributed by atoms with E-state index < -0.39 is 5.82 Å². The van der Waals surface area contributed by atoms with E-state index in [2.05, 4.69) is 31.9 Å². The van der Waals surface area contributed by atoms with Gasteiger partial charge < -0.3 is 4.74 Å². The van der Waals surface area contributed by atoms with E-state index >= 15 is 0 Å². The van der Waals surface area contributed by atoms with Gasteiger partial charge in [0.05, 0.1) is 22.2 Å². The molecule has 104 valence electrons. The highest BCUT2D eigenvalue weighted by molar-refractivity contribution is 9.10. The molecule has 2 rings (SSSR count). The molecule has 2 nitrogen and oxygen atoms in total. The quantitative estimate of drug-likeness (QED) is 0.632. The molecule has 0 unspecified atom stereocenters. The van der Waals surface area contributed by atoms with Crippen LogP contribution in [0.5, 0.6) is 5.75 Å². The Morgan fingerprint density at radius 3 is 2.50 bits per heavy atom. The molecule has 0 aliphatic rings. The minimum absolute atomic E-state index is 0.162. The number of carbonyl (C=O) groups excluding carboxylic acids is 1. The van der Waals surface area contributed by atoms with Gasteiger partial charge >= 0.3 is 0 Å². The Hall–Kier alpha value is -0.910. The molecular formula is C14H8Br2ClFO2. The van der Waals surface area contributed by atoms with Crippen LogP contribution in [0.2, 0.25) is 5.02 Å². The van der Waals surface area contributed by atoms with Crippen LogP contribution in [0, 0.1) is 5.82 Å². The summed E-state index contributed by atoms with van der Waals surface area (Å²) >= 11 is 12.4. The average Bonchev–Trinajstić information content (AvgIpc) is 2.40. The van der Waals surface area contributed by atoms with Crippen LogP contribution >= 0.6 is 43.5 Å². The minimum atomic E-state index is -0.500. The fourth-order valence-corrected chi connectivity index (χ4v) is 2.80. The lowest BCUT2D eigenvalue weighted by Crippen LogP contribution is -2.05. The van der Waals surface area contributed by atoms with Crippen molar-refractivity contribution in [3.05, 3.63) is 61.2 Å². The van der Waals surface area contributed by atoms with Gasteiger partial charge in [-0.15, -0.1) is 0 Å².